The number of hydrogen-bond donors (Lipinski definition) is 1. The summed E-state index contributed by atoms with van der Waals surface area (Å²) in [5.74, 6) is -3.93. The summed E-state index contributed by atoms with van der Waals surface area (Å²) in [4.78, 5) is 7.01. The second-order valence-electron chi connectivity index (χ2n) is 7.98. The molecular formula is C25H25ClF3N3O. The Morgan fingerprint density at radius 2 is 1.76 bits per heavy atom. The Hall–Kier alpha value is -2.61. The second-order valence-corrected chi connectivity index (χ2v) is 8.41. The van der Waals surface area contributed by atoms with Crippen LogP contribution in [0.15, 0.2) is 36.4 Å². The lowest BCUT2D eigenvalue weighted by Gasteiger charge is -2.26. The molecular weight excluding hydrogens is 451 g/mol. The molecule has 2 heterocycles. The Balaban J connectivity index is 1.47. The van der Waals surface area contributed by atoms with Crippen molar-refractivity contribution < 1.29 is 17.9 Å². The van der Waals surface area contributed by atoms with Crippen molar-refractivity contribution >= 4 is 40.3 Å². The molecule has 4 rings (SSSR count). The maximum Gasteiger partial charge on any atom is 0.194 e. The topological polar surface area (TPSA) is 37.4 Å². The fourth-order valence-electron chi connectivity index (χ4n) is 3.81. The quantitative estimate of drug-likeness (QED) is 0.320. The van der Waals surface area contributed by atoms with E-state index in [-0.39, 0.29) is 5.56 Å². The van der Waals surface area contributed by atoms with Gasteiger partial charge in [-0.25, -0.2) is 18.2 Å². The Morgan fingerprint density at radius 3 is 2.52 bits per heavy atom. The van der Waals surface area contributed by atoms with Gasteiger partial charge in [-0.2, -0.15) is 0 Å². The summed E-state index contributed by atoms with van der Waals surface area (Å²) in [6.45, 7) is 5.40. The van der Waals surface area contributed by atoms with Crippen LogP contribution in [0.25, 0.3) is 23.1 Å². The van der Waals surface area contributed by atoms with Gasteiger partial charge in [0, 0.05) is 35.7 Å². The molecule has 8 heteroatoms. The second kappa shape index (κ2) is 11.0. The van der Waals surface area contributed by atoms with E-state index in [1.165, 1.54) is 6.08 Å². The summed E-state index contributed by atoms with van der Waals surface area (Å²) in [6.07, 6.45) is 5.22. The van der Waals surface area contributed by atoms with Crippen LogP contribution in [0.2, 0.25) is 5.02 Å². The van der Waals surface area contributed by atoms with Crippen LogP contribution in [0, 0.1) is 17.5 Å². The number of rotatable bonds is 8. The minimum Gasteiger partial charge on any atom is -0.384 e. The fourth-order valence-corrected chi connectivity index (χ4v) is 3.98. The van der Waals surface area contributed by atoms with E-state index in [2.05, 4.69) is 15.2 Å². The molecule has 0 aliphatic carbocycles. The Labute approximate surface area is 196 Å². The molecule has 1 aromatic heterocycles. The van der Waals surface area contributed by atoms with Crippen LogP contribution in [0.1, 0.15) is 24.1 Å². The number of hydrogen-bond acceptors (Lipinski definition) is 4. The van der Waals surface area contributed by atoms with E-state index in [9.17, 15) is 13.2 Å². The summed E-state index contributed by atoms with van der Waals surface area (Å²) in [7, 11) is 0. The first kappa shape index (κ1) is 23.5. The number of unbranched alkanes of at least 4 members (excludes halogenated alkanes) is 1. The van der Waals surface area contributed by atoms with Gasteiger partial charge in [0.15, 0.2) is 17.5 Å². The van der Waals surface area contributed by atoms with Crippen LogP contribution in [0.3, 0.4) is 0 Å². The zero-order valence-corrected chi connectivity index (χ0v) is 18.8. The molecule has 3 aromatic rings. The lowest BCUT2D eigenvalue weighted by atomic mass is 10.1. The monoisotopic (exact) mass is 475 g/mol. The highest BCUT2D eigenvalue weighted by molar-refractivity contribution is 6.31. The summed E-state index contributed by atoms with van der Waals surface area (Å²) >= 11 is 6.20. The number of fused-ring (bicyclic) bond motifs is 1. The number of ether oxygens (including phenoxy) is 1. The molecule has 2 aromatic carbocycles. The minimum absolute atomic E-state index is 0.210. The maximum absolute atomic E-state index is 13.5. The van der Waals surface area contributed by atoms with Gasteiger partial charge in [0.25, 0.3) is 0 Å². The number of morpholine rings is 1. The van der Waals surface area contributed by atoms with Gasteiger partial charge in [0.05, 0.1) is 24.4 Å². The minimum atomic E-state index is -1.48. The lowest BCUT2D eigenvalue weighted by molar-refractivity contribution is 0.0373. The van der Waals surface area contributed by atoms with Crippen molar-refractivity contribution in [2.75, 3.05) is 44.7 Å². The molecule has 0 unspecified atom stereocenters. The summed E-state index contributed by atoms with van der Waals surface area (Å²) in [6, 6.07) is 9.22. The van der Waals surface area contributed by atoms with Crippen LogP contribution in [-0.2, 0) is 4.74 Å². The third-order valence-corrected chi connectivity index (χ3v) is 5.80. The Morgan fingerprint density at radius 1 is 1.00 bits per heavy atom. The third kappa shape index (κ3) is 6.25. The molecule has 33 heavy (non-hydrogen) atoms. The van der Waals surface area contributed by atoms with Crippen molar-refractivity contribution in [3.05, 3.63) is 70.1 Å². The molecule has 174 valence electrons. The molecule has 0 radical (unpaired) electrons. The van der Waals surface area contributed by atoms with Gasteiger partial charge < -0.3 is 10.1 Å². The first-order valence-corrected chi connectivity index (χ1v) is 11.3. The fraction of sp³-hybridized carbons (Fsp3) is 0.320. The van der Waals surface area contributed by atoms with Crippen LogP contribution in [0.4, 0.5) is 18.9 Å². The van der Waals surface area contributed by atoms with Crippen molar-refractivity contribution in [2.24, 2.45) is 0 Å². The van der Waals surface area contributed by atoms with Crippen LogP contribution in [0.5, 0.6) is 0 Å². The number of pyridine rings is 1. The molecule has 0 saturated carbocycles. The normalized spacial score (nSPS) is 14.9. The van der Waals surface area contributed by atoms with Crippen LogP contribution in [-0.4, -0.2) is 49.3 Å². The highest BCUT2D eigenvalue weighted by atomic mass is 35.5. The van der Waals surface area contributed by atoms with E-state index in [0.29, 0.717) is 10.7 Å². The summed E-state index contributed by atoms with van der Waals surface area (Å²) in [5, 5.41) is 4.98. The van der Waals surface area contributed by atoms with E-state index in [0.717, 1.165) is 81.0 Å². The first-order valence-electron chi connectivity index (χ1n) is 11.0. The number of aromatic nitrogens is 1. The van der Waals surface area contributed by atoms with Gasteiger partial charge in [0.1, 0.15) is 0 Å². The average Bonchev–Trinajstić information content (AvgIpc) is 2.81. The van der Waals surface area contributed by atoms with Gasteiger partial charge in [-0.1, -0.05) is 17.7 Å². The zero-order valence-electron chi connectivity index (χ0n) is 18.1. The van der Waals surface area contributed by atoms with Crippen LogP contribution >= 0.6 is 11.6 Å². The van der Waals surface area contributed by atoms with Crippen molar-refractivity contribution in [2.45, 2.75) is 12.8 Å². The molecule has 1 aliphatic heterocycles. The van der Waals surface area contributed by atoms with Gasteiger partial charge >= 0.3 is 0 Å². The SMILES string of the molecule is Fc1cc(/C=C/c2cc(NCCCCN3CCOCC3)c3cc(Cl)ccc3n2)cc(F)c1F. The van der Waals surface area contributed by atoms with Gasteiger partial charge in [-0.3, -0.25) is 4.90 Å². The van der Waals surface area contributed by atoms with Gasteiger partial charge in [-0.15, -0.1) is 0 Å². The largest absolute Gasteiger partial charge is 0.384 e. The van der Waals surface area contributed by atoms with Crippen LogP contribution < -0.4 is 5.32 Å². The molecule has 0 atom stereocenters. The molecule has 0 spiro atoms. The van der Waals surface area contributed by atoms with Crippen molar-refractivity contribution in [1.29, 1.82) is 0 Å². The highest BCUT2D eigenvalue weighted by Gasteiger charge is 2.11. The first-order chi connectivity index (χ1) is 16.0. The van der Waals surface area contributed by atoms with E-state index in [1.807, 2.05) is 18.2 Å². The van der Waals surface area contributed by atoms with Crippen molar-refractivity contribution in [1.82, 2.24) is 9.88 Å². The van der Waals surface area contributed by atoms with E-state index in [4.69, 9.17) is 16.3 Å². The standard InChI is InChI=1S/C25H25ClF3N3O/c26-18-4-6-23-20(15-18)24(30-7-1-2-8-32-9-11-33-12-10-32)16-19(31-23)5-3-17-13-21(27)25(29)22(28)14-17/h3-6,13-16H,1-2,7-12H2,(H,30,31)/b5-3+. The predicted octanol–water partition coefficient (Wildman–Crippen LogP) is 6.00. The Bertz CT molecular complexity index is 1130. The molecule has 1 N–H and O–H groups in total. The predicted molar refractivity (Wildman–Crippen MR) is 127 cm³/mol. The third-order valence-electron chi connectivity index (χ3n) is 5.56. The van der Waals surface area contributed by atoms with E-state index < -0.39 is 17.5 Å². The number of nitrogens with zero attached hydrogens (tertiary/aromatic N) is 2. The van der Waals surface area contributed by atoms with Gasteiger partial charge in [0.2, 0.25) is 0 Å². The Kier molecular flexibility index (Phi) is 7.85. The summed E-state index contributed by atoms with van der Waals surface area (Å²) in [5.41, 5.74) is 2.44. The number of anilines is 1. The molecule has 0 amide bonds. The summed E-state index contributed by atoms with van der Waals surface area (Å²) < 4.78 is 45.6. The number of nitrogens with one attached hydrogen (secondary N) is 1. The van der Waals surface area contributed by atoms with E-state index >= 15 is 0 Å². The maximum atomic E-state index is 13.5. The van der Waals surface area contributed by atoms with Crippen molar-refractivity contribution in [3.63, 3.8) is 0 Å². The number of benzene rings is 2. The smallest absolute Gasteiger partial charge is 0.194 e. The zero-order chi connectivity index (χ0) is 23.2. The molecule has 1 saturated heterocycles. The molecule has 1 aliphatic rings. The lowest BCUT2D eigenvalue weighted by Crippen LogP contribution is -2.36. The average molecular weight is 476 g/mol. The van der Waals surface area contributed by atoms with Gasteiger partial charge in [-0.05, 0) is 67.4 Å². The van der Waals surface area contributed by atoms with Crippen molar-refractivity contribution in [3.8, 4) is 0 Å². The van der Waals surface area contributed by atoms with E-state index in [1.54, 1.807) is 12.1 Å². The molecule has 1 fully saturated rings. The highest BCUT2D eigenvalue weighted by Crippen LogP contribution is 2.27. The molecule has 4 nitrogen and oxygen atoms in total. The molecule has 0 bridgehead atoms. The number of halogens is 4.